The molecule has 1 N–H and O–H groups in total. The van der Waals surface area contributed by atoms with Gasteiger partial charge in [-0.2, -0.15) is 5.10 Å². The molecule has 0 saturated carbocycles. The molecule has 1 aliphatic heterocycles. The van der Waals surface area contributed by atoms with E-state index in [0.717, 1.165) is 33.8 Å². The molecule has 0 radical (unpaired) electrons. The van der Waals surface area contributed by atoms with E-state index >= 15 is 0 Å². The molecule has 6 rings (SSSR count). The number of aromatic nitrogens is 1. The quantitative estimate of drug-likeness (QED) is 0.227. The summed E-state index contributed by atoms with van der Waals surface area (Å²) in [6, 6.07) is 37.8. The Labute approximate surface area is 214 Å². The van der Waals surface area contributed by atoms with Crippen LogP contribution in [0.5, 0.6) is 11.5 Å². The molecule has 2 heterocycles. The number of hydrogen-bond donors (Lipinski definition) is 1. The SMILES string of the molecule is O=C(NN=Cc1ccc2c(c1)OCO2)c1ccc(-n2c(-c3ccccc3)ccc2-c2ccccc2)cc1. The van der Waals surface area contributed by atoms with Crippen molar-refractivity contribution in [3.63, 3.8) is 0 Å². The van der Waals surface area contributed by atoms with Gasteiger partial charge in [-0.05, 0) is 71.3 Å². The minimum absolute atomic E-state index is 0.214. The average Bonchev–Trinajstić information content (AvgIpc) is 3.61. The van der Waals surface area contributed by atoms with Gasteiger partial charge in [0.1, 0.15) is 0 Å². The van der Waals surface area contributed by atoms with Crippen molar-refractivity contribution in [2.45, 2.75) is 0 Å². The number of amides is 1. The van der Waals surface area contributed by atoms with Crippen molar-refractivity contribution >= 4 is 12.1 Å². The molecule has 0 spiro atoms. The normalized spacial score (nSPS) is 12.1. The zero-order chi connectivity index (χ0) is 25.0. The molecule has 1 amide bonds. The third-order valence-corrected chi connectivity index (χ3v) is 6.18. The number of rotatable bonds is 6. The predicted molar refractivity (Wildman–Crippen MR) is 144 cm³/mol. The summed E-state index contributed by atoms with van der Waals surface area (Å²) >= 11 is 0. The van der Waals surface area contributed by atoms with E-state index in [4.69, 9.17) is 9.47 Å². The first-order valence-electron chi connectivity index (χ1n) is 11.9. The van der Waals surface area contributed by atoms with Gasteiger partial charge in [-0.1, -0.05) is 60.7 Å². The zero-order valence-electron chi connectivity index (χ0n) is 19.9. The van der Waals surface area contributed by atoms with E-state index in [9.17, 15) is 4.79 Å². The van der Waals surface area contributed by atoms with Crippen molar-refractivity contribution in [2.75, 3.05) is 6.79 Å². The molecule has 37 heavy (non-hydrogen) atoms. The van der Waals surface area contributed by atoms with Gasteiger partial charge in [0.2, 0.25) is 6.79 Å². The molecular weight excluding hydrogens is 462 g/mol. The highest BCUT2D eigenvalue weighted by atomic mass is 16.7. The summed E-state index contributed by atoms with van der Waals surface area (Å²) in [6.45, 7) is 0.214. The monoisotopic (exact) mass is 485 g/mol. The van der Waals surface area contributed by atoms with Crippen LogP contribution in [0.2, 0.25) is 0 Å². The van der Waals surface area contributed by atoms with Gasteiger partial charge in [0, 0.05) is 11.3 Å². The lowest BCUT2D eigenvalue weighted by atomic mass is 10.1. The second kappa shape index (κ2) is 9.87. The lowest BCUT2D eigenvalue weighted by Gasteiger charge is -2.15. The Bertz CT molecular complexity index is 1520. The number of carbonyl (C=O) groups excluding carboxylic acids is 1. The summed E-state index contributed by atoms with van der Waals surface area (Å²) in [5.74, 6) is 1.08. The molecule has 0 unspecified atom stereocenters. The number of fused-ring (bicyclic) bond motifs is 1. The average molecular weight is 486 g/mol. The van der Waals surface area contributed by atoms with E-state index in [-0.39, 0.29) is 12.7 Å². The third kappa shape index (κ3) is 4.60. The molecule has 0 aliphatic carbocycles. The van der Waals surface area contributed by atoms with Crippen molar-refractivity contribution in [3.05, 3.63) is 126 Å². The second-order valence-corrected chi connectivity index (χ2v) is 8.53. The molecule has 4 aromatic carbocycles. The van der Waals surface area contributed by atoms with Crippen LogP contribution in [-0.2, 0) is 0 Å². The van der Waals surface area contributed by atoms with Gasteiger partial charge in [-0.15, -0.1) is 0 Å². The van der Waals surface area contributed by atoms with Crippen LogP contribution in [0.1, 0.15) is 15.9 Å². The summed E-state index contributed by atoms with van der Waals surface area (Å²) in [6.07, 6.45) is 1.58. The first-order valence-corrected chi connectivity index (χ1v) is 11.9. The van der Waals surface area contributed by atoms with Crippen LogP contribution < -0.4 is 14.9 Å². The fourth-order valence-corrected chi connectivity index (χ4v) is 4.37. The fraction of sp³-hybridized carbons (Fsp3) is 0.0323. The van der Waals surface area contributed by atoms with E-state index in [0.29, 0.717) is 17.1 Å². The number of hydrazone groups is 1. The smallest absolute Gasteiger partial charge is 0.271 e. The van der Waals surface area contributed by atoms with Crippen LogP contribution in [0.25, 0.3) is 28.2 Å². The molecular formula is C31H23N3O3. The highest BCUT2D eigenvalue weighted by Gasteiger charge is 2.15. The van der Waals surface area contributed by atoms with Crippen molar-refractivity contribution in [2.24, 2.45) is 5.10 Å². The van der Waals surface area contributed by atoms with Gasteiger partial charge in [0.05, 0.1) is 17.6 Å². The summed E-state index contributed by atoms with van der Waals surface area (Å²) in [7, 11) is 0. The molecule has 0 fully saturated rings. The predicted octanol–water partition coefficient (Wildman–Crippen LogP) is 6.30. The van der Waals surface area contributed by atoms with E-state index in [1.54, 1.807) is 6.21 Å². The standard InChI is InChI=1S/C31H23N3O3/c35-31(33-32-20-22-11-18-29-30(19-22)37-21-36-29)25-12-14-26(15-13-25)34-27(23-7-3-1-4-8-23)16-17-28(34)24-9-5-2-6-10-24/h1-20H,21H2,(H,33,35). The molecule has 6 heteroatoms. The number of benzene rings is 4. The van der Waals surface area contributed by atoms with Crippen LogP contribution in [0.15, 0.2) is 120 Å². The Morgan fingerprint density at radius 3 is 2.00 bits per heavy atom. The van der Waals surface area contributed by atoms with Crippen molar-refractivity contribution in [3.8, 4) is 39.7 Å². The largest absolute Gasteiger partial charge is 0.454 e. The number of hydrogen-bond acceptors (Lipinski definition) is 4. The topological polar surface area (TPSA) is 64.8 Å². The summed E-state index contributed by atoms with van der Waals surface area (Å²) in [5.41, 5.74) is 9.25. The van der Waals surface area contributed by atoms with Crippen LogP contribution in [0.4, 0.5) is 0 Å². The minimum Gasteiger partial charge on any atom is -0.454 e. The maximum absolute atomic E-state index is 12.7. The highest BCUT2D eigenvalue weighted by molar-refractivity contribution is 5.95. The van der Waals surface area contributed by atoms with Gasteiger partial charge >= 0.3 is 0 Å². The molecule has 1 aliphatic rings. The van der Waals surface area contributed by atoms with Crippen LogP contribution >= 0.6 is 0 Å². The van der Waals surface area contributed by atoms with Gasteiger partial charge in [0.15, 0.2) is 11.5 Å². The van der Waals surface area contributed by atoms with Crippen LogP contribution in [0, 0.1) is 0 Å². The van der Waals surface area contributed by atoms with Crippen molar-refractivity contribution < 1.29 is 14.3 Å². The summed E-state index contributed by atoms with van der Waals surface area (Å²) in [4.78, 5) is 12.7. The Hall–Kier alpha value is -5.10. The first-order chi connectivity index (χ1) is 18.3. The molecule has 5 aromatic rings. The zero-order valence-corrected chi connectivity index (χ0v) is 19.9. The Kier molecular flexibility index (Phi) is 5.97. The van der Waals surface area contributed by atoms with Crippen LogP contribution in [0.3, 0.4) is 0 Å². The minimum atomic E-state index is -0.289. The van der Waals surface area contributed by atoms with Crippen molar-refractivity contribution in [1.29, 1.82) is 0 Å². The molecule has 0 atom stereocenters. The Morgan fingerprint density at radius 2 is 1.35 bits per heavy atom. The van der Waals surface area contributed by atoms with E-state index in [1.807, 2.05) is 78.9 Å². The van der Waals surface area contributed by atoms with Gasteiger partial charge in [-0.25, -0.2) is 5.43 Å². The number of ether oxygens (including phenoxy) is 2. The first kappa shape index (κ1) is 22.4. The van der Waals surface area contributed by atoms with Gasteiger partial charge in [0.25, 0.3) is 5.91 Å². The third-order valence-electron chi connectivity index (χ3n) is 6.18. The number of nitrogens with one attached hydrogen (secondary N) is 1. The summed E-state index contributed by atoms with van der Waals surface area (Å²) < 4.78 is 12.9. The molecule has 0 saturated heterocycles. The molecule has 0 bridgehead atoms. The number of nitrogens with zero attached hydrogens (tertiary/aromatic N) is 2. The second-order valence-electron chi connectivity index (χ2n) is 8.53. The Balaban J connectivity index is 1.25. The lowest BCUT2D eigenvalue weighted by Crippen LogP contribution is -2.17. The van der Waals surface area contributed by atoms with E-state index in [1.165, 1.54) is 0 Å². The fourth-order valence-electron chi connectivity index (χ4n) is 4.37. The highest BCUT2D eigenvalue weighted by Crippen LogP contribution is 2.33. The van der Waals surface area contributed by atoms with E-state index in [2.05, 4.69) is 51.5 Å². The van der Waals surface area contributed by atoms with Gasteiger partial charge < -0.3 is 14.0 Å². The Morgan fingerprint density at radius 1 is 0.730 bits per heavy atom. The van der Waals surface area contributed by atoms with Gasteiger partial charge in [-0.3, -0.25) is 4.79 Å². The number of carbonyl (C=O) groups is 1. The van der Waals surface area contributed by atoms with E-state index < -0.39 is 0 Å². The molecule has 6 nitrogen and oxygen atoms in total. The maximum atomic E-state index is 12.7. The van der Waals surface area contributed by atoms with Crippen LogP contribution in [-0.4, -0.2) is 23.5 Å². The molecule has 1 aromatic heterocycles. The lowest BCUT2D eigenvalue weighted by molar-refractivity contribution is 0.0955. The summed E-state index contributed by atoms with van der Waals surface area (Å²) in [5, 5.41) is 4.10. The maximum Gasteiger partial charge on any atom is 0.271 e. The van der Waals surface area contributed by atoms with Crippen molar-refractivity contribution in [1.82, 2.24) is 9.99 Å². The molecule has 180 valence electrons.